The van der Waals surface area contributed by atoms with E-state index in [1.807, 2.05) is 0 Å². The molecule has 0 saturated carbocycles. The van der Waals surface area contributed by atoms with Crippen LogP contribution in [0, 0.1) is 0 Å². The van der Waals surface area contributed by atoms with Gasteiger partial charge in [-0.05, 0) is 6.42 Å². The summed E-state index contributed by atoms with van der Waals surface area (Å²) >= 11 is 0. The summed E-state index contributed by atoms with van der Waals surface area (Å²) in [5.41, 5.74) is 5.43. The van der Waals surface area contributed by atoms with Crippen LogP contribution in [0.3, 0.4) is 0 Å². The monoisotopic (exact) mass is 202 g/mol. The van der Waals surface area contributed by atoms with Gasteiger partial charge in [0.2, 0.25) is 0 Å². The van der Waals surface area contributed by atoms with Crippen LogP contribution >= 0.6 is 0 Å². The van der Waals surface area contributed by atoms with E-state index < -0.39 is 6.10 Å². The number of hydrogen-bond donors (Lipinski definition) is 1. The zero-order valence-corrected chi connectivity index (χ0v) is 8.57. The van der Waals surface area contributed by atoms with Crippen LogP contribution < -0.4 is 5.73 Å². The normalized spacial score (nSPS) is 20.3. The van der Waals surface area contributed by atoms with Gasteiger partial charge in [0.1, 0.15) is 6.10 Å². The Labute approximate surface area is 84.1 Å². The first-order valence-corrected chi connectivity index (χ1v) is 4.89. The van der Waals surface area contributed by atoms with Gasteiger partial charge in [0.05, 0.1) is 6.61 Å². The number of nitrogens with two attached hydrogens (primary N) is 1. The van der Waals surface area contributed by atoms with Gasteiger partial charge in [0, 0.05) is 33.4 Å². The summed E-state index contributed by atoms with van der Waals surface area (Å²) in [7, 11) is 1.50. The Morgan fingerprint density at radius 2 is 2.36 bits per heavy atom. The van der Waals surface area contributed by atoms with Crippen molar-refractivity contribution in [2.24, 2.45) is 5.73 Å². The molecule has 1 aliphatic heterocycles. The van der Waals surface area contributed by atoms with Gasteiger partial charge in [-0.25, -0.2) is 0 Å². The summed E-state index contributed by atoms with van der Waals surface area (Å²) < 4.78 is 10.3. The molecule has 1 heterocycles. The van der Waals surface area contributed by atoms with Crippen molar-refractivity contribution in [1.82, 2.24) is 4.90 Å². The molecular formula is C9H18N2O3. The summed E-state index contributed by atoms with van der Waals surface area (Å²) in [5, 5.41) is 0. The van der Waals surface area contributed by atoms with Crippen LogP contribution in [-0.4, -0.2) is 56.9 Å². The van der Waals surface area contributed by atoms with E-state index in [9.17, 15) is 4.79 Å². The van der Waals surface area contributed by atoms with Crippen molar-refractivity contribution in [2.75, 3.05) is 40.0 Å². The van der Waals surface area contributed by atoms with E-state index in [1.54, 1.807) is 4.90 Å². The predicted octanol–water partition coefficient (Wildman–Crippen LogP) is -0.791. The molecule has 1 amide bonds. The molecule has 1 saturated heterocycles. The Kier molecular flexibility index (Phi) is 4.86. The standard InChI is InChI=1S/C9H18N2O3/c1-13-8(7-10)9(12)11-3-2-5-14-6-4-11/h8H,2-7,10H2,1H3. The van der Waals surface area contributed by atoms with Gasteiger partial charge in [0.25, 0.3) is 5.91 Å². The average molecular weight is 202 g/mol. The maximum Gasteiger partial charge on any atom is 0.253 e. The van der Waals surface area contributed by atoms with Gasteiger partial charge in [-0.15, -0.1) is 0 Å². The second-order valence-electron chi connectivity index (χ2n) is 3.25. The molecule has 1 aliphatic rings. The number of hydrogen-bond acceptors (Lipinski definition) is 4. The number of rotatable bonds is 3. The van der Waals surface area contributed by atoms with Crippen molar-refractivity contribution >= 4 is 5.91 Å². The van der Waals surface area contributed by atoms with E-state index in [-0.39, 0.29) is 12.5 Å². The summed E-state index contributed by atoms with van der Waals surface area (Å²) in [6.07, 6.45) is 0.375. The Hall–Kier alpha value is -0.650. The lowest BCUT2D eigenvalue weighted by Gasteiger charge is -2.23. The molecule has 1 unspecified atom stereocenters. The highest BCUT2D eigenvalue weighted by atomic mass is 16.5. The number of nitrogens with zero attached hydrogens (tertiary/aromatic N) is 1. The molecule has 0 aliphatic carbocycles. The molecule has 0 aromatic heterocycles. The number of methoxy groups -OCH3 is 1. The van der Waals surface area contributed by atoms with E-state index in [0.29, 0.717) is 13.2 Å². The van der Waals surface area contributed by atoms with Gasteiger partial charge in [-0.1, -0.05) is 0 Å². The molecule has 2 N–H and O–H groups in total. The number of amides is 1. The largest absolute Gasteiger partial charge is 0.380 e. The lowest BCUT2D eigenvalue weighted by Crippen LogP contribution is -2.44. The fourth-order valence-electron chi connectivity index (χ4n) is 1.47. The highest BCUT2D eigenvalue weighted by molar-refractivity contribution is 5.81. The minimum absolute atomic E-state index is 0.0273. The highest BCUT2D eigenvalue weighted by Crippen LogP contribution is 2.03. The number of carbonyl (C=O) groups is 1. The minimum atomic E-state index is -0.506. The molecule has 0 spiro atoms. The second kappa shape index (κ2) is 5.95. The SMILES string of the molecule is COC(CN)C(=O)N1CCCOCC1. The fourth-order valence-corrected chi connectivity index (χ4v) is 1.47. The van der Waals surface area contributed by atoms with Crippen molar-refractivity contribution in [1.29, 1.82) is 0 Å². The second-order valence-corrected chi connectivity index (χ2v) is 3.25. The molecule has 0 bridgehead atoms. The maximum atomic E-state index is 11.8. The third kappa shape index (κ3) is 2.94. The summed E-state index contributed by atoms with van der Waals surface area (Å²) in [6.45, 7) is 2.93. The Morgan fingerprint density at radius 3 is 3.00 bits per heavy atom. The minimum Gasteiger partial charge on any atom is -0.380 e. The molecular weight excluding hydrogens is 184 g/mol. The van der Waals surface area contributed by atoms with Crippen molar-refractivity contribution in [3.05, 3.63) is 0 Å². The number of ether oxygens (including phenoxy) is 2. The van der Waals surface area contributed by atoms with Gasteiger partial charge < -0.3 is 20.1 Å². The third-order valence-electron chi connectivity index (χ3n) is 2.31. The van der Waals surface area contributed by atoms with Crippen LogP contribution in [0.25, 0.3) is 0 Å². The van der Waals surface area contributed by atoms with E-state index in [1.165, 1.54) is 7.11 Å². The first-order chi connectivity index (χ1) is 6.79. The first-order valence-electron chi connectivity index (χ1n) is 4.89. The molecule has 1 atom stereocenters. The van der Waals surface area contributed by atoms with Gasteiger partial charge in [-0.2, -0.15) is 0 Å². The molecule has 0 aromatic carbocycles. The molecule has 5 heteroatoms. The van der Waals surface area contributed by atoms with E-state index in [4.69, 9.17) is 15.2 Å². The molecule has 0 aromatic rings. The zero-order chi connectivity index (χ0) is 10.4. The molecule has 1 rings (SSSR count). The molecule has 0 radical (unpaired) electrons. The zero-order valence-electron chi connectivity index (χ0n) is 8.57. The smallest absolute Gasteiger partial charge is 0.253 e. The fraction of sp³-hybridized carbons (Fsp3) is 0.889. The lowest BCUT2D eigenvalue weighted by molar-refractivity contribution is -0.141. The molecule has 5 nitrogen and oxygen atoms in total. The summed E-state index contributed by atoms with van der Waals surface area (Å²) in [4.78, 5) is 13.5. The maximum absolute atomic E-state index is 11.8. The van der Waals surface area contributed by atoms with E-state index in [0.717, 1.165) is 19.6 Å². The van der Waals surface area contributed by atoms with Crippen LogP contribution in [0.1, 0.15) is 6.42 Å². The molecule has 82 valence electrons. The van der Waals surface area contributed by atoms with Crippen LogP contribution in [0.15, 0.2) is 0 Å². The average Bonchev–Trinajstić information content (AvgIpc) is 2.47. The predicted molar refractivity (Wildman–Crippen MR) is 51.9 cm³/mol. The highest BCUT2D eigenvalue weighted by Gasteiger charge is 2.23. The molecule has 1 fully saturated rings. The van der Waals surface area contributed by atoms with Crippen molar-refractivity contribution < 1.29 is 14.3 Å². The first kappa shape index (κ1) is 11.4. The van der Waals surface area contributed by atoms with Gasteiger partial charge in [-0.3, -0.25) is 4.79 Å². The number of carbonyl (C=O) groups excluding carboxylic acids is 1. The van der Waals surface area contributed by atoms with Gasteiger partial charge >= 0.3 is 0 Å². The summed E-state index contributed by atoms with van der Waals surface area (Å²) in [5.74, 6) is -0.0273. The van der Waals surface area contributed by atoms with Gasteiger partial charge in [0.15, 0.2) is 0 Å². The topological polar surface area (TPSA) is 64.8 Å². The van der Waals surface area contributed by atoms with Crippen molar-refractivity contribution in [3.63, 3.8) is 0 Å². The Bertz CT molecular complexity index is 175. The quantitative estimate of drug-likeness (QED) is 0.651. The van der Waals surface area contributed by atoms with Crippen LogP contribution in [0.4, 0.5) is 0 Å². The van der Waals surface area contributed by atoms with Crippen molar-refractivity contribution in [3.8, 4) is 0 Å². The third-order valence-corrected chi connectivity index (χ3v) is 2.31. The van der Waals surface area contributed by atoms with Crippen molar-refractivity contribution in [2.45, 2.75) is 12.5 Å². The Morgan fingerprint density at radius 1 is 1.57 bits per heavy atom. The van der Waals surface area contributed by atoms with Crippen LogP contribution in [0.5, 0.6) is 0 Å². The lowest BCUT2D eigenvalue weighted by atomic mass is 10.3. The molecule has 14 heavy (non-hydrogen) atoms. The van der Waals surface area contributed by atoms with Crippen LogP contribution in [0.2, 0.25) is 0 Å². The van der Waals surface area contributed by atoms with Crippen LogP contribution in [-0.2, 0) is 14.3 Å². The van der Waals surface area contributed by atoms with E-state index >= 15 is 0 Å². The summed E-state index contributed by atoms with van der Waals surface area (Å²) in [6, 6.07) is 0. The Balaban J connectivity index is 2.48. The van der Waals surface area contributed by atoms with E-state index in [2.05, 4.69) is 0 Å².